The van der Waals surface area contributed by atoms with E-state index in [2.05, 4.69) is 30.6 Å². The zero-order valence-electron chi connectivity index (χ0n) is 13.8. The predicted molar refractivity (Wildman–Crippen MR) is 103 cm³/mol. The number of methoxy groups -OCH3 is 1. The molecule has 3 aromatic heterocycles. The Bertz CT molecular complexity index is 1050. The molecular weight excluding hydrogens is 352 g/mol. The van der Waals surface area contributed by atoms with Crippen LogP contribution < -0.4 is 15.4 Å². The van der Waals surface area contributed by atoms with Crippen LogP contribution in [0.1, 0.15) is 0 Å². The van der Waals surface area contributed by atoms with Gasteiger partial charge in [-0.3, -0.25) is 0 Å². The van der Waals surface area contributed by atoms with E-state index in [0.29, 0.717) is 22.7 Å². The Morgan fingerprint density at radius 2 is 1.88 bits per heavy atom. The van der Waals surface area contributed by atoms with Crippen molar-refractivity contribution in [2.24, 2.45) is 0 Å². The van der Waals surface area contributed by atoms with Crippen molar-refractivity contribution in [3.63, 3.8) is 0 Å². The lowest BCUT2D eigenvalue weighted by Crippen LogP contribution is -2.01. The maximum absolute atomic E-state index is 6.21. The topological polar surface area (TPSA) is 87.8 Å². The third-order valence-corrected chi connectivity index (χ3v) is 4.04. The average molecular weight is 367 g/mol. The summed E-state index contributed by atoms with van der Waals surface area (Å²) in [6.45, 7) is 0. The molecule has 0 aliphatic rings. The molecule has 26 heavy (non-hydrogen) atoms. The van der Waals surface area contributed by atoms with E-state index in [1.807, 2.05) is 36.5 Å². The van der Waals surface area contributed by atoms with E-state index in [-0.39, 0.29) is 0 Å². The van der Waals surface area contributed by atoms with Gasteiger partial charge in [-0.15, -0.1) is 0 Å². The molecule has 130 valence electrons. The number of rotatable bonds is 5. The zero-order chi connectivity index (χ0) is 17.9. The van der Waals surface area contributed by atoms with Crippen LogP contribution in [0.15, 0.2) is 55.0 Å². The van der Waals surface area contributed by atoms with Crippen molar-refractivity contribution in [2.75, 3.05) is 17.7 Å². The Morgan fingerprint density at radius 3 is 2.69 bits per heavy atom. The summed E-state index contributed by atoms with van der Waals surface area (Å²) >= 11 is 6.21. The number of halogens is 1. The number of nitrogens with one attached hydrogen (secondary N) is 3. The van der Waals surface area contributed by atoms with Crippen LogP contribution >= 0.6 is 11.6 Å². The number of anilines is 4. The van der Waals surface area contributed by atoms with Crippen LogP contribution in [0.25, 0.3) is 10.9 Å². The first-order valence-electron chi connectivity index (χ1n) is 7.85. The molecule has 0 fully saturated rings. The molecule has 7 nitrogen and oxygen atoms in total. The number of benzene rings is 1. The molecular formula is C18H15ClN6O. The summed E-state index contributed by atoms with van der Waals surface area (Å²) in [5.74, 6) is 1.46. The van der Waals surface area contributed by atoms with Gasteiger partial charge >= 0.3 is 0 Å². The second-order valence-corrected chi connectivity index (χ2v) is 5.92. The van der Waals surface area contributed by atoms with Gasteiger partial charge in [-0.2, -0.15) is 4.98 Å². The van der Waals surface area contributed by atoms with E-state index in [4.69, 9.17) is 16.3 Å². The average Bonchev–Trinajstić information content (AvgIpc) is 3.13. The van der Waals surface area contributed by atoms with Crippen LogP contribution in [0.3, 0.4) is 0 Å². The lowest BCUT2D eigenvalue weighted by atomic mass is 10.2. The molecule has 4 aromatic rings. The fourth-order valence-electron chi connectivity index (χ4n) is 2.49. The fraction of sp³-hybridized carbons (Fsp3) is 0.0556. The first-order chi connectivity index (χ1) is 12.7. The van der Waals surface area contributed by atoms with Crippen molar-refractivity contribution < 1.29 is 4.74 Å². The Morgan fingerprint density at radius 1 is 1.00 bits per heavy atom. The maximum Gasteiger partial charge on any atom is 0.229 e. The van der Waals surface area contributed by atoms with Gasteiger partial charge < -0.3 is 20.4 Å². The number of hydrogen-bond donors (Lipinski definition) is 3. The van der Waals surface area contributed by atoms with E-state index in [0.717, 1.165) is 22.3 Å². The van der Waals surface area contributed by atoms with Gasteiger partial charge in [-0.05, 0) is 30.3 Å². The highest BCUT2D eigenvalue weighted by molar-refractivity contribution is 6.32. The number of ether oxygens (including phenoxy) is 1. The van der Waals surface area contributed by atoms with Crippen LogP contribution in [-0.2, 0) is 0 Å². The Balaban J connectivity index is 1.56. The van der Waals surface area contributed by atoms with Gasteiger partial charge in [0.1, 0.15) is 5.02 Å². The lowest BCUT2D eigenvalue weighted by Gasteiger charge is -2.10. The van der Waals surface area contributed by atoms with E-state index in [1.165, 1.54) is 0 Å². The molecule has 1 aromatic carbocycles. The molecule has 0 atom stereocenters. The minimum absolute atomic E-state index is 0.410. The largest absolute Gasteiger partial charge is 0.481 e. The molecule has 4 rings (SSSR count). The molecule has 0 unspecified atom stereocenters. The monoisotopic (exact) mass is 366 g/mol. The second kappa shape index (κ2) is 6.89. The van der Waals surface area contributed by atoms with Gasteiger partial charge in [0.2, 0.25) is 11.8 Å². The summed E-state index contributed by atoms with van der Waals surface area (Å²) in [5, 5.41) is 7.83. The van der Waals surface area contributed by atoms with Crippen LogP contribution in [0.2, 0.25) is 5.02 Å². The van der Waals surface area contributed by atoms with Crippen LogP contribution in [0.4, 0.5) is 23.1 Å². The van der Waals surface area contributed by atoms with Crippen LogP contribution in [0, 0.1) is 0 Å². The smallest absolute Gasteiger partial charge is 0.229 e. The first kappa shape index (κ1) is 16.2. The third kappa shape index (κ3) is 3.38. The van der Waals surface area contributed by atoms with Crippen molar-refractivity contribution in [1.82, 2.24) is 19.9 Å². The predicted octanol–water partition coefficient (Wildman–Crippen LogP) is 4.50. The summed E-state index contributed by atoms with van der Waals surface area (Å²) in [7, 11) is 1.57. The molecule has 0 saturated carbocycles. The number of nitrogens with zero attached hydrogens (tertiary/aromatic N) is 3. The lowest BCUT2D eigenvalue weighted by molar-refractivity contribution is 0.398. The highest BCUT2D eigenvalue weighted by Gasteiger charge is 2.07. The summed E-state index contributed by atoms with van der Waals surface area (Å²) in [6.07, 6.45) is 5.09. The Hall–Kier alpha value is -3.32. The number of fused-ring (bicyclic) bond motifs is 1. The molecule has 0 saturated heterocycles. The molecule has 3 N–H and O–H groups in total. The zero-order valence-corrected chi connectivity index (χ0v) is 14.6. The van der Waals surface area contributed by atoms with Crippen molar-refractivity contribution >= 4 is 45.6 Å². The first-order valence-corrected chi connectivity index (χ1v) is 8.23. The molecule has 0 bridgehead atoms. The number of aromatic nitrogens is 4. The summed E-state index contributed by atoms with van der Waals surface area (Å²) in [6, 6.07) is 11.6. The van der Waals surface area contributed by atoms with E-state index < -0.39 is 0 Å². The number of hydrogen-bond acceptors (Lipinski definition) is 6. The number of H-pyrrole nitrogens is 1. The SMILES string of the molecule is COc1ccc(Nc2nc(Nc3ccc4[nH]ccc4c3)ncc2Cl)cn1. The van der Waals surface area contributed by atoms with E-state index in [1.54, 1.807) is 25.6 Å². The molecule has 0 spiro atoms. The van der Waals surface area contributed by atoms with Crippen molar-refractivity contribution in [3.8, 4) is 5.88 Å². The van der Waals surface area contributed by atoms with Gasteiger partial charge in [0.25, 0.3) is 0 Å². The highest BCUT2D eigenvalue weighted by atomic mass is 35.5. The minimum atomic E-state index is 0.410. The summed E-state index contributed by atoms with van der Waals surface area (Å²) in [5.41, 5.74) is 2.70. The standard InChI is InChI=1S/C18H15ClN6O/c1-26-16-5-3-13(9-21-16)23-17-14(19)10-22-18(25-17)24-12-2-4-15-11(8-12)6-7-20-15/h2-10,20H,1H3,(H2,22,23,24,25). The Labute approximate surface area is 154 Å². The molecule has 0 aliphatic heterocycles. The fourth-order valence-corrected chi connectivity index (χ4v) is 2.63. The molecule has 3 heterocycles. The number of aromatic amines is 1. The van der Waals surface area contributed by atoms with Gasteiger partial charge in [-0.1, -0.05) is 11.6 Å². The van der Waals surface area contributed by atoms with Gasteiger partial charge in [0.05, 0.1) is 25.2 Å². The molecule has 0 radical (unpaired) electrons. The van der Waals surface area contributed by atoms with Gasteiger partial charge in [0, 0.05) is 28.9 Å². The summed E-state index contributed by atoms with van der Waals surface area (Å²) < 4.78 is 5.05. The van der Waals surface area contributed by atoms with Crippen molar-refractivity contribution in [1.29, 1.82) is 0 Å². The Kier molecular flexibility index (Phi) is 4.28. The third-order valence-electron chi connectivity index (χ3n) is 3.76. The minimum Gasteiger partial charge on any atom is -0.481 e. The van der Waals surface area contributed by atoms with Crippen molar-refractivity contribution in [2.45, 2.75) is 0 Å². The van der Waals surface area contributed by atoms with E-state index >= 15 is 0 Å². The highest BCUT2D eigenvalue weighted by Crippen LogP contribution is 2.26. The second-order valence-electron chi connectivity index (χ2n) is 5.51. The normalized spacial score (nSPS) is 10.7. The molecule has 0 amide bonds. The van der Waals surface area contributed by atoms with E-state index in [9.17, 15) is 0 Å². The summed E-state index contributed by atoms with van der Waals surface area (Å²) in [4.78, 5) is 16.0. The van der Waals surface area contributed by atoms with Gasteiger partial charge in [-0.25, -0.2) is 9.97 Å². The van der Waals surface area contributed by atoms with Gasteiger partial charge in [0.15, 0.2) is 5.82 Å². The maximum atomic E-state index is 6.21. The van der Waals surface area contributed by atoms with Crippen LogP contribution in [0.5, 0.6) is 5.88 Å². The van der Waals surface area contributed by atoms with Crippen LogP contribution in [-0.4, -0.2) is 27.0 Å². The molecule has 0 aliphatic carbocycles. The number of pyridine rings is 1. The van der Waals surface area contributed by atoms with Crippen molar-refractivity contribution in [3.05, 3.63) is 60.0 Å². The molecule has 8 heteroatoms. The quantitative estimate of drug-likeness (QED) is 0.482.